The van der Waals surface area contributed by atoms with Crippen LogP contribution in [0.25, 0.3) is 0 Å². The average Bonchev–Trinajstić information content (AvgIpc) is 2.77. The zero-order valence-electron chi connectivity index (χ0n) is 23.1. The van der Waals surface area contributed by atoms with Gasteiger partial charge in [-0.1, -0.05) is 48.8 Å². The van der Waals surface area contributed by atoms with E-state index >= 15 is 0 Å². The molecule has 1 aliphatic rings. The van der Waals surface area contributed by atoms with Crippen LogP contribution in [0.1, 0.15) is 110 Å². The molecule has 0 bridgehead atoms. The topological polar surface area (TPSA) is 66.8 Å². The van der Waals surface area contributed by atoms with E-state index in [1.807, 2.05) is 13.8 Å². The zero-order chi connectivity index (χ0) is 26.3. The fourth-order valence-electron chi connectivity index (χ4n) is 4.57. The third-order valence-electron chi connectivity index (χ3n) is 7.39. The molecule has 35 heavy (non-hydrogen) atoms. The molecule has 2 rings (SSSR count). The summed E-state index contributed by atoms with van der Waals surface area (Å²) in [5.41, 5.74) is 4.00. The summed E-state index contributed by atoms with van der Waals surface area (Å²) < 4.78 is 6.54. The Morgan fingerprint density at radius 1 is 1.23 bits per heavy atom. The summed E-state index contributed by atoms with van der Waals surface area (Å²) in [6.45, 7) is 16.3. The lowest BCUT2D eigenvalue weighted by atomic mass is 9.79. The molecule has 1 aromatic rings. The molecule has 194 valence electrons. The number of ketones is 1. The molecule has 0 fully saturated rings. The van der Waals surface area contributed by atoms with Gasteiger partial charge in [-0.2, -0.15) is 0 Å². The van der Waals surface area contributed by atoms with Gasteiger partial charge in [0.1, 0.15) is 28.4 Å². The van der Waals surface area contributed by atoms with Gasteiger partial charge in [-0.05, 0) is 86.5 Å². The van der Waals surface area contributed by atoms with Gasteiger partial charge in [-0.15, -0.1) is 0 Å². The average molecular weight is 483 g/mol. The molecule has 2 atom stereocenters. The fraction of sp³-hybridized carbons (Fsp3) is 0.581. The lowest BCUT2D eigenvalue weighted by Crippen LogP contribution is -2.38. The van der Waals surface area contributed by atoms with Crippen molar-refractivity contribution in [2.45, 2.75) is 106 Å². The first-order valence-electron chi connectivity index (χ1n) is 13.1. The van der Waals surface area contributed by atoms with Crippen LogP contribution in [-0.2, 0) is 6.42 Å². The summed E-state index contributed by atoms with van der Waals surface area (Å²) in [6.07, 6.45) is 12.6. The molecule has 0 amide bonds. The SMILES string of the molecule is CCC(C)C(=O)c1c(O)cc(OC(C)(C)C2CC=C(C)CC2)c(C/C=C(\C)CCC=C(C)C)c1O. The van der Waals surface area contributed by atoms with E-state index in [2.05, 4.69) is 59.8 Å². The predicted octanol–water partition coefficient (Wildman–Crippen LogP) is 8.47. The van der Waals surface area contributed by atoms with Crippen LogP contribution >= 0.6 is 0 Å². The number of rotatable bonds is 11. The number of carbonyl (C=O) groups is 1. The largest absolute Gasteiger partial charge is 0.507 e. The highest BCUT2D eigenvalue weighted by Gasteiger charge is 2.34. The van der Waals surface area contributed by atoms with E-state index < -0.39 is 5.60 Å². The van der Waals surface area contributed by atoms with Crippen LogP contribution in [0, 0.1) is 11.8 Å². The maximum Gasteiger partial charge on any atom is 0.173 e. The second-order valence-corrected chi connectivity index (χ2v) is 11.1. The van der Waals surface area contributed by atoms with E-state index in [0.29, 0.717) is 30.1 Å². The molecule has 0 radical (unpaired) electrons. The van der Waals surface area contributed by atoms with Crippen LogP contribution in [0.5, 0.6) is 17.2 Å². The van der Waals surface area contributed by atoms with Crippen LogP contribution in [0.15, 0.2) is 41.0 Å². The Kier molecular flexibility index (Phi) is 10.2. The Morgan fingerprint density at radius 3 is 2.49 bits per heavy atom. The Morgan fingerprint density at radius 2 is 1.91 bits per heavy atom. The number of hydrogen-bond donors (Lipinski definition) is 2. The zero-order valence-corrected chi connectivity index (χ0v) is 23.1. The van der Waals surface area contributed by atoms with Crippen molar-refractivity contribution < 1.29 is 19.7 Å². The quantitative estimate of drug-likeness (QED) is 0.245. The second-order valence-electron chi connectivity index (χ2n) is 11.1. The minimum Gasteiger partial charge on any atom is -0.507 e. The van der Waals surface area contributed by atoms with Crippen LogP contribution in [0.2, 0.25) is 0 Å². The molecule has 0 heterocycles. The third kappa shape index (κ3) is 7.75. The molecule has 0 spiro atoms. The summed E-state index contributed by atoms with van der Waals surface area (Å²) in [6, 6.07) is 1.53. The summed E-state index contributed by atoms with van der Waals surface area (Å²) >= 11 is 0. The van der Waals surface area contributed by atoms with Gasteiger partial charge in [0, 0.05) is 23.5 Å². The summed E-state index contributed by atoms with van der Waals surface area (Å²) in [4.78, 5) is 13.0. The van der Waals surface area contributed by atoms with Crippen molar-refractivity contribution in [2.75, 3.05) is 0 Å². The number of carbonyl (C=O) groups excluding carboxylic acids is 1. The van der Waals surface area contributed by atoms with Gasteiger partial charge >= 0.3 is 0 Å². The van der Waals surface area contributed by atoms with Crippen LogP contribution in [0.3, 0.4) is 0 Å². The van der Waals surface area contributed by atoms with Gasteiger partial charge in [0.25, 0.3) is 0 Å². The highest BCUT2D eigenvalue weighted by atomic mass is 16.5. The van der Waals surface area contributed by atoms with Gasteiger partial charge in [-0.25, -0.2) is 0 Å². The first-order chi connectivity index (χ1) is 16.4. The number of phenolic OH excluding ortho intramolecular Hbond substituents is 2. The summed E-state index contributed by atoms with van der Waals surface area (Å²) in [5, 5.41) is 22.1. The van der Waals surface area contributed by atoms with Gasteiger partial charge in [0.05, 0.1) is 0 Å². The number of ether oxygens (including phenoxy) is 1. The number of hydrogen-bond acceptors (Lipinski definition) is 4. The Balaban J connectivity index is 2.46. The maximum atomic E-state index is 13.0. The maximum absolute atomic E-state index is 13.0. The predicted molar refractivity (Wildman–Crippen MR) is 145 cm³/mol. The molecule has 4 nitrogen and oxygen atoms in total. The smallest absolute Gasteiger partial charge is 0.173 e. The van der Waals surface area contributed by atoms with E-state index in [1.165, 1.54) is 22.8 Å². The Hall–Kier alpha value is -2.49. The van der Waals surface area contributed by atoms with Crippen molar-refractivity contribution in [3.8, 4) is 17.2 Å². The second kappa shape index (κ2) is 12.5. The molecule has 2 unspecified atom stereocenters. The van der Waals surface area contributed by atoms with Crippen molar-refractivity contribution in [3.05, 3.63) is 52.1 Å². The van der Waals surface area contributed by atoms with Crippen molar-refractivity contribution in [1.82, 2.24) is 0 Å². The number of aromatic hydroxyl groups is 2. The molecule has 0 saturated carbocycles. The van der Waals surface area contributed by atoms with E-state index in [9.17, 15) is 15.0 Å². The number of Topliss-reactive ketones (excluding diaryl/α,β-unsaturated/α-hetero) is 1. The Bertz CT molecular complexity index is 990. The van der Waals surface area contributed by atoms with E-state index in [0.717, 1.165) is 32.1 Å². The summed E-state index contributed by atoms with van der Waals surface area (Å²) in [5.74, 6) is -0.135. The fourth-order valence-corrected chi connectivity index (χ4v) is 4.57. The number of phenols is 2. The van der Waals surface area contributed by atoms with E-state index in [1.54, 1.807) is 0 Å². The normalized spacial score (nSPS) is 17.5. The van der Waals surface area contributed by atoms with Crippen molar-refractivity contribution in [3.63, 3.8) is 0 Å². The number of allylic oxidation sites excluding steroid dienone is 6. The molecule has 1 aliphatic carbocycles. The first-order valence-corrected chi connectivity index (χ1v) is 13.1. The number of benzene rings is 1. The van der Waals surface area contributed by atoms with Gasteiger partial charge in [0.15, 0.2) is 5.78 Å². The molecule has 2 N–H and O–H groups in total. The summed E-state index contributed by atoms with van der Waals surface area (Å²) in [7, 11) is 0. The van der Waals surface area contributed by atoms with Crippen LogP contribution < -0.4 is 4.74 Å². The van der Waals surface area contributed by atoms with Gasteiger partial charge in [-0.3, -0.25) is 4.79 Å². The Labute approximate surface area is 212 Å². The third-order valence-corrected chi connectivity index (χ3v) is 7.39. The van der Waals surface area contributed by atoms with Crippen molar-refractivity contribution in [2.24, 2.45) is 11.8 Å². The molecule has 1 aromatic carbocycles. The minimum absolute atomic E-state index is 0.00586. The lowest BCUT2D eigenvalue weighted by molar-refractivity contribution is 0.0371. The van der Waals surface area contributed by atoms with Crippen molar-refractivity contribution >= 4 is 5.78 Å². The highest BCUT2D eigenvalue weighted by Crippen LogP contribution is 2.43. The van der Waals surface area contributed by atoms with Gasteiger partial charge in [0.2, 0.25) is 0 Å². The minimum atomic E-state index is -0.491. The van der Waals surface area contributed by atoms with E-state index in [-0.39, 0.29) is 28.8 Å². The molecular formula is C31H46O4. The molecular weight excluding hydrogens is 436 g/mol. The van der Waals surface area contributed by atoms with Crippen LogP contribution in [0.4, 0.5) is 0 Å². The first kappa shape index (κ1) is 28.7. The lowest BCUT2D eigenvalue weighted by Gasteiger charge is -2.37. The molecule has 0 saturated heterocycles. The van der Waals surface area contributed by atoms with Crippen LogP contribution in [-0.4, -0.2) is 21.6 Å². The molecule has 0 aliphatic heterocycles. The van der Waals surface area contributed by atoms with Crippen molar-refractivity contribution in [1.29, 1.82) is 0 Å². The monoisotopic (exact) mass is 482 g/mol. The van der Waals surface area contributed by atoms with E-state index in [4.69, 9.17) is 4.74 Å². The standard InChI is InChI=1S/C31H46O4/c1-9-23(6)29(33)28-26(32)19-27(35-31(7,8)24-16-13-22(5)14-17-24)25(30(28)34)18-15-21(4)12-10-11-20(2)3/h11,13,15,19,23-24,32,34H,9-10,12,14,16-18H2,1-8H3/b21-15+. The molecule has 4 heteroatoms. The van der Waals surface area contributed by atoms with Gasteiger partial charge < -0.3 is 14.9 Å². The molecule has 0 aromatic heterocycles. The highest BCUT2D eigenvalue weighted by molar-refractivity contribution is 6.03.